The van der Waals surface area contributed by atoms with Crippen LogP contribution >= 0.6 is 0 Å². The summed E-state index contributed by atoms with van der Waals surface area (Å²) in [5.74, 6) is 1.13. The molecule has 186 valence electrons. The van der Waals surface area contributed by atoms with Gasteiger partial charge < -0.3 is 10.2 Å². The summed E-state index contributed by atoms with van der Waals surface area (Å²) < 4.78 is 62.9. The van der Waals surface area contributed by atoms with Gasteiger partial charge >= 0.3 is 5.51 Å². The van der Waals surface area contributed by atoms with Crippen molar-refractivity contribution >= 4 is 38.8 Å². The Morgan fingerprint density at radius 1 is 1.00 bits per heavy atom. The number of anilines is 3. The van der Waals surface area contributed by atoms with Crippen LogP contribution in [0.3, 0.4) is 0 Å². The lowest BCUT2D eigenvalue weighted by Crippen LogP contribution is -2.40. The molecule has 1 aliphatic carbocycles. The predicted octanol–water partition coefficient (Wildman–Crippen LogP) is 3.45. The van der Waals surface area contributed by atoms with Crippen LogP contribution in [0.4, 0.5) is 30.6 Å². The number of aromatic nitrogens is 3. The molecule has 13 heteroatoms. The predicted molar refractivity (Wildman–Crippen MR) is 123 cm³/mol. The first-order valence-electron chi connectivity index (χ1n) is 11.2. The van der Waals surface area contributed by atoms with Gasteiger partial charge in [-0.1, -0.05) is 6.07 Å². The zero-order valence-electron chi connectivity index (χ0n) is 18.5. The summed E-state index contributed by atoms with van der Waals surface area (Å²) >= 11 is 0. The monoisotopic (exact) mass is 508 g/mol. The SMILES string of the molecule is O=C(Nc1nc2cccc(N3CCC(Nc4ccc(S(=O)(=O)C(F)(F)F)cc4)CC3)n2n1)C1CC1. The molecular weight excluding hydrogens is 485 g/mol. The smallest absolute Gasteiger partial charge is 0.382 e. The van der Waals surface area contributed by atoms with Gasteiger partial charge in [-0.25, -0.2) is 8.42 Å². The number of hydrogen-bond acceptors (Lipinski definition) is 7. The zero-order chi connectivity index (χ0) is 24.8. The normalized spacial score (nSPS) is 17.5. The fraction of sp³-hybridized carbons (Fsp3) is 0.409. The third kappa shape index (κ3) is 4.77. The standard InChI is InChI=1S/C22H23F3N6O3S/c23-22(24,25)35(33,34)17-8-6-15(7-9-17)26-16-10-12-30(13-11-16)19-3-1-2-18-27-21(29-31(18)19)28-20(32)14-4-5-14/h1-3,6-9,14,16,26H,4-5,10-13H2,(H,28,29,32). The Balaban J connectivity index is 1.22. The molecule has 1 amide bonds. The summed E-state index contributed by atoms with van der Waals surface area (Å²) in [5, 5.41) is 10.5. The van der Waals surface area contributed by atoms with Crippen LogP contribution in [0.2, 0.25) is 0 Å². The number of halogens is 3. The Hall–Kier alpha value is -3.35. The summed E-state index contributed by atoms with van der Waals surface area (Å²) in [6, 6.07) is 10.3. The van der Waals surface area contributed by atoms with Crippen molar-refractivity contribution in [3.8, 4) is 0 Å². The first kappa shape index (κ1) is 23.4. The maximum absolute atomic E-state index is 12.7. The van der Waals surface area contributed by atoms with E-state index in [4.69, 9.17) is 0 Å². The van der Waals surface area contributed by atoms with Gasteiger partial charge in [-0.15, -0.1) is 5.10 Å². The Kier molecular flexibility index (Phi) is 5.82. The van der Waals surface area contributed by atoms with Crippen LogP contribution < -0.4 is 15.5 Å². The molecule has 3 aromatic rings. The second-order valence-electron chi connectivity index (χ2n) is 8.73. The van der Waals surface area contributed by atoms with Crippen molar-refractivity contribution in [2.75, 3.05) is 28.6 Å². The molecule has 0 bridgehead atoms. The maximum Gasteiger partial charge on any atom is 0.501 e. The van der Waals surface area contributed by atoms with Crippen LogP contribution in [-0.4, -0.2) is 53.6 Å². The van der Waals surface area contributed by atoms with Crippen LogP contribution in [0.1, 0.15) is 25.7 Å². The van der Waals surface area contributed by atoms with E-state index < -0.39 is 20.2 Å². The van der Waals surface area contributed by atoms with E-state index in [2.05, 4.69) is 25.6 Å². The van der Waals surface area contributed by atoms with Crippen LogP contribution in [0, 0.1) is 5.92 Å². The second kappa shape index (κ2) is 8.70. The van der Waals surface area contributed by atoms with Crippen LogP contribution in [0.5, 0.6) is 0 Å². The van der Waals surface area contributed by atoms with E-state index in [1.807, 2.05) is 18.2 Å². The molecule has 1 aromatic carbocycles. The van der Waals surface area contributed by atoms with Crippen LogP contribution in [-0.2, 0) is 14.6 Å². The number of hydrogen-bond donors (Lipinski definition) is 2. The highest BCUT2D eigenvalue weighted by Crippen LogP contribution is 2.32. The first-order chi connectivity index (χ1) is 16.6. The van der Waals surface area contributed by atoms with Gasteiger partial charge in [0.25, 0.3) is 9.84 Å². The molecular formula is C22H23F3N6O3S. The number of alkyl halides is 3. The molecule has 3 heterocycles. The molecule has 2 N–H and O–H groups in total. The first-order valence-corrected chi connectivity index (χ1v) is 12.7. The molecule has 2 fully saturated rings. The number of nitrogens with one attached hydrogen (secondary N) is 2. The minimum Gasteiger partial charge on any atom is -0.382 e. The van der Waals surface area contributed by atoms with E-state index in [1.165, 1.54) is 12.1 Å². The second-order valence-corrected chi connectivity index (χ2v) is 10.7. The van der Waals surface area contributed by atoms with Gasteiger partial charge in [0.05, 0.1) is 4.90 Å². The van der Waals surface area contributed by atoms with Crippen molar-refractivity contribution in [3.63, 3.8) is 0 Å². The molecule has 1 saturated carbocycles. The number of benzene rings is 1. The Morgan fingerprint density at radius 2 is 1.69 bits per heavy atom. The Bertz CT molecular complexity index is 1350. The van der Waals surface area contributed by atoms with Crippen molar-refractivity contribution in [1.29, 1.82) is 0 Å². The van der Waals surface area contributed by atoms with E-state index in [0.717, 1.165) is 43.6 Å². The largest absolute Gasteiger partial charge is 0.501 e. The van der Waals surface area contributed by atoms with Gasteiger partial charge in [-0.2, -0.15) is 22.7 Å². The lowest BCUT2D eigenvalue weighted by atomic mass is 10.0. The van der Waals surface area contributed by atoms with Gasteiger partial charge in [0, 0.05) is 30.7 Å². The summed E-state index contributed by atoms with van der Waals surface area (Å²) in [7, 11) is -5.36. The van der Waals surface area contributed by atoms with Gasteiger partial charge in [0.2, 0.25) is 11.9 Å². The number of piperidine rings is 1. The summed E-state index contributed by atoms with van der Waals surface area (Å²) in [5.41, 5.74) is -4.15. The number of amides is 1. The van der Waals surface area contributed by atoms with Crippen LogP contribution in [0.25, 0.3) is 5.65 Å². The molecule has 2 aliphatic rings. The van der Waals surface area contributed by atoms with Crippen molar-refractivity contribution in [2.45, 2.75) is 42.1 Å². The topological polar surface area (TPSA) is 109 Å². The van der Waals surface area contributed by atoms with Gasteiger partial charge in [0.1, 0.15) is 5.82 Å². The molecule has 0 spiro atoms. The number of fused-ring (bicyclic) bond motifs is 1. The third-order valence-corrected chi connectivity index (χ3v) is 7.68. The summed E-state index contributed by atoms with van der Waals surface area (Å²) in [6.45, 7) is 1.39. The van der Waals surface area contributed by atoms with E-state index in [0.29, 0.717) is 24.4 Å². The fourth-order valence-electron chi connectivity index (χ4n) is 4.09. The molecule has 0 unspecified atom stereocenters. The molecule has 0 atom stereocenters. The minimum atomic E-state index is -5.36. The highest BCUT2D eigenvalue weighted by Gasteiger charge is 2.46. The van der Waals surface area contributed by atoms with Crippen molar-refractivity contribution in [1.82, 2.24) is 14.6 Å². The van der Waals surface area contributed by atoms with Gasteiger partial charge in [-0.3, -0.25) is 10.1 Å². The average Bonchev–Trinajstić information content (AvgIpc) is 3.59. The van der Waals surface area contributed by atoms with E-state index >= 15 is 0 Å². The lowest BCUT2D eigenvalue weighted by Gasteiger charge is -2.34. The third-order valence-electron chi connectivity index (χ3n) is 6.18. The Morgan fingerprint density at radius 3 is 2.31 bits per heavy atom. The molecule has 35 heavy (non-hydrogen) atoms. The van der Waals surface area contributed by atoms with Crippen molar-refractivity contribution in [3.05, 3.63) is 42.5 Å². The average molecular weight is 509 g/mol. The van der Waals surface area contributed by atoms with Crippen LogP contribution in [0.15, 0.2) is 47.4 Å². The van der Waals surface area contributed by atoms with E-state index in [9.17, 15) is 26.4 Å². The number of pyridine rings is 1. The van der Waals surface area contributed by atoms with Crippen molar-refractivity contribution in [2.24, 2.45) is 5.92 Å². The molecule has 5 rings (SSSR count). The minimum absolute atomic E-state index is 0.0536. The Labute approximate surface area is 199 Å². The van der Waals surface area contributed by atoms with Gasteiger partial charge in [-0.05, 0) is 62.1 Å². The zero-order valence-corrected chi connectivity index (χ0v) is 19.3. The molecule has 0 radical (unpaired) electrons. The van der Waals surface area contributed by atoms with Gasteiger partial charge in [0.15, 0.2) is 5.65 Å². The number of carbonyl (C=O) groups excluding carboxylic acids is 1. The number of sulfone groups is 1. The van der Waals surface area contributed by atoms with Crippen molar-refractivity contribution < 1.29 is 26.4 Å². The number of carbonyl (C=O) groups is 1. The maximum atomic E-state index is 12.7. The quantitative estimate of drug-likeness (QED) is 0.525. The lowest BCUT2D eigenvalue weighted by molar-refractivity contribution is -0.117. The summed E-state index contributed by atoms with van der Waals surface area (Å²) in [4.78, 5) is 17.8. The molecule has 1 aliphatic heterocycles. The summed E-state index contributed by atoms with van der Waals surface area (Å²) in [6.07, 6.45) is 3.28. The fourth-order valence-corrected chi connectivity index (χ4v) is 4.86. The van der Waals surface area contributed by atoms with E-state index in [-0.39, 0.29) is 23.8 Å². The number of nitrogens with zero attached hydrogens (tertiary/aromatic N) is 4. The highest BCUT2D eigenvalue weighted by atomic mass is 32.2. The van der Waals surface area contributed by atoms with E-state index in [1.54, 1.807) is 4.52 Å². The molecule has 9 nitrogen and oxygen atoms in total. The molecule has 2 aromatic heterocycles. The number of rotatable bonds is 6. The highest BCUT2D eigenvalue weighted by molar-refractivity contribution is 7.92. The molecule has 1 saturated heterocycles.